The number of hydrogen-bond donors (Lipinski definition) is 1. The summed E-state index contributed by atoms with van der Waals surface area (Å²) in [6.45, 7) is 3.97. The maximum Gasteiger partial charge on any atom is 0.227 e. The molecule has 0 spiro atoms. The lowest BCUT2D eigenvalue weighted by atomic mass is 10.1. The molecule has 1 saturated heterocycles. The Labute approximate surface area is 165 Å². The first-order valence-electron chi connectivity index (χ1n) is 9.63. The zero-order chi connectivity index (χ0) is 19.5. The van der Waals surface area contributed by atoms with Gasteiger partial charge in [0.15, 0.2) is 0 Å². The molecule has 146 valence electrons. The number of carbonyl (C=O) groups excluding carboxylic acids is 1. The summed E-state index contributed by atoms with van der Waals surface area (Å²) in [4.78, 5) is 23.6. The van der Waals surface area contributed by atoms with Gasteiger partial charge >= 0.3 is 0 Å². The summed E-state index contributed by atoms with van der Waals surface area (Å²) in [6, 6.07) is 10.2. The van der Waals surface area contributed by atoms with Gasteiger partial charge in [0, 0.05) is 44.3 Å². The molecule has 4 rings (SSSR count). The first-order chi connectivity index (χ1) is 13.6. The van der Waals surface area contributed by atoms with Gasteiger partial charge in [-0.15, -0.1) is 0 Å². The van der Waals surface area contributed by atoms with Crippen molar-refractivity contribution in [3.05, 3.63) is 53.9 Å². The number of anilines is 1. The van der Waals surface area contributed by atoms with Gasteiger partial charge in [-0.1, -0.05) is 18.2 Å². The van der Waals surface area contributed by atoms with E-state index in [9.17, 15) is 4.79 Å². The normalized spacial score (nSPS) is 14.8. The highest BCUT2D eigenvalue weighted by atomic mass is 16.2. The van der Waals surface area contributed by atoms with E-state index in [2.05, 4.69) is 51.2 Å². The third-order valence-electron chi connectivity index (χ3n) is 5.13. The molecule has 1 aliphatic heterocycles. The molecule has 1 aliphatic rings. The summed E-state index contributed by atoms with van der Waals surface area (Å²) < 4.78 is 0. The monoisotopic (exact) mass is 378 g/mol. The van der Waals surface area contributed by atoms with E-state index in [0.29, 0.717) is 6.42 Å². The molecule has 28 heavy (non-hydrogen) atoms. The van der Waals surface area contributed by atoms with Gasteiger partial charge in [-0.25, -0.2) is 4.98 Å². The van der Waals surface area contributed by atoms with Crippen molar-refractivity contribution in [3.8, 4) is 0 Å². The number of H-pyrrole nitrogens is 1. The Bertz CT molecular complexity index is 941. The van der Waals surface area contributed by atoms with Gasteiger partial charge in [-0.3, -0.25) is 9.89 Å². The quantitative estimate of drug-likeness (QED) is 0.735. The predicted molar refractivity (Wildman–Crippen MR) is 110 cm³/mol. The molecule has 3 heterocycles. The van der Waals surface area contributed by atoms with Crippen LogP contribution in [-0.2, 0) is 17.8 Å². The maximum absolute atomic E-state index is 12.7. The van der Waals surface area contributed by atoms with Crippen molar-refractivity contribution in [3.63, 3.8) is 0 Å². The Hall–Kier alpha value is -2.93. The molecule has 0 bridgehead atoms. The van der Waals surface area contributed by atoms with Crippen LogP contribution in [0.25, 0.3) is 10.9 Å². The molecule has 1 fully saturated rings. The number of aromatic nitrogens is 3. The topological polar surface area (TPSA) is 68.4 Å². The molecular formula is C21H26N6O. The van der Waals surface area contributed by atoms with Crippen molar-refractivity contribution in [2.24, 2.45) is 0 Å². The summed E-state index contributed by atoms with van der Waals surface area (Å²) >= 11 is 0. The van der Waals surface area contributed by atoms with E-state index >= 15 is 0 Å². The molecule has 0 saturated carbocycles. The molecular weight excluding hydrogens is 352 g/mol. The fourth-order valence-corrected chi connectivity index (χ4v) is 3.63. The van der Waals surface area contributed by atoms with Gasteiger partial charge in [-0.05, 0) is 37.4 Å². The van der Waals surface area contributed by atoms with Crippen LogP contribution in [0.1, 0.15) is 11.1 Å². The molecule has 7 nitrogen and oxygen atoms in total. The molecule has 1 aromatic carbocycles. The van der Waals surface area contributed by atoms with E-state index in [-0.39, 0.29) is 5.91 Å². The summed E-state index contributed by atoms with van der Waals surface area (Å²) in [5.74, 6) is 1.16. The molecule has 7 heteroatoms. The van der Waals surface area contributed by atoms with E-state index in [4.69, 9.17) is 0 Å². The highest BCUT2D eigenvalue weighted by Gasteiger charge is 2.22. The number of fused-ring (bicyclic) bond motifs is 1. The highest BCUT2D eigenvalue weighted by molar-refractivity contribution is 5.83. The van der Waals surface area contributed by atoms with Crippen LogP contribution in [0.5, 0.6) is 0 Å². The van der Waals surface area contributed by atoms with Crippen molar-refractivity contribution >= 4 is 22.6 Å². The predicted octanol–water partition coefficient (Wildman–Crippen LogP) is 1.91. The first-order valence-corrected chi connectivity index (χ1v) is 9.63. The highest BCUT2D eigenvalue weighted by Crippen LogP contribution is 2.17. The Morgan fingerprint density at radius 2 is 1.86 bits per heavy atom. The zero-order valence-corrected chi connectivity index (χ0v) is 16.4. The molecule has 0 atom stereocenters. The maximum atomic E-state index is 12.7. The first kappa shape index (κ1) is 18.4. The van der Waals surface area contributed by atoms with Crippen LogP contribution in [0.2, 0.25) is 0 Å². The Balaban J connectivity index is 1.32. The lowest BCUT2D eigenvalue weighted by Crippen LogP contribution is -2.49. The van der Waals surface area contributed by atoms with E-state index in [1.165, 1.54) is 5.56 Å². The van der Waals surface area contributed by atoms with Gasteiger partial charge in [0.25, 0.3) is 0 Å². The fraction of sp³-hybridized carbons (Fsp3) is 0.381. The number of pyridine rings is 1. The largest absolute Gasteiger partial charge is 0.353 e. The second-order valence-electron chi connectivity index (χ2n) is 7.60. The van der Waals surface area contributed by atoms with Crippen LogP contribution in [0.4, 0.5) is 5.82 Å². The number of amides is 1. The van der Waals surface area contributed by atoms with E-state index in [0.717, 1.165) is 55.0 Å². The summed E-state index contributed by atoms with van der Waals surface area (Å²) in [6.07, 6.45) is 4.16. The van der Waals surface area contributed by atoms with Crippen molar-refractivity contribution in [2.45, 2.75) is 13.0 Å². The summed E-state index contributed by atoms with van der Waals surface area (Å²) in [5, 5.41) is 8.06. The molecule has 0 aliphatic carbocycles. The number of nitrogens with one attached hydrogen (secondary N) is 1. The van der Waals surface area contributed by atoms with Crippen LogP contribution >= 0.6 is 0 Å². The fourth-order valence-electron chi connectivity index (χ4n) is 3.63. The number of piperazine rings is 1. The van der Waals surface area contributed by atoms with E-state index in [1.54, 1.807) is 6.20 Å². The second-order valence-corrected chi connectivity index (χ2v) is 7.60. The van der Waals surface area contributed by atoms with E-state index in [1.807, 2.05) is 29.3 Å². The third kappa shape index (κ3) is 4.14. The Morgan fingerprint density at radius 3 is 2.57 bits per heavy atom. The minimum atomic E-state index is 0.174. The van der Waals surface area contributed by atoms with Gasteiger partial charge in [0.05, 0.1) is 18.1 Å². The number of aromatic amines is 1. The Morgan fingerprint density at radius 1 is 1.07 bits per heavy atom. The van der Waals surface area contributed by atoms with Gasteiger partial charge in [0.2, 0.25) is 5.91 Å². The van der Waals surface area contributed by atoms with Crippen molar-refractivity contribution in [1.82, 2.24) is 25.0 Å². The molecule has 1 N–H and O–H groups in total. The lowest BCUT2D eigenvalue weighted by Gasteiger charge is -2.35. The average Bonchev–Trinajstić information content (AvgIpc) is 3.16. The third-order valence-corrected chi connectivity index (χ3v) is 5.13. The summed E-state index contributed by atoms with van der Waals surface area (Å²) in [5.41, 5.74) is 3.19. The summed E-state index contributed by atoms with van der Waals surface area (Å²) in [7, 11) is 4.11. The minimum absolute atomic E-state index is 0.174. The van der Waals surface area contributed by atoms with Crippen LogP contribution in [0.3, 0.4) is 0 Å². The van der Waals surface area contributed by atoms with Crippen LogP contribution in [-0.4, -0.2) is 71.2 Å². The van der Waals surface area contributed by atoms with Gasteiger partial charge in [-0.2, -0.15) is 5.10 Å². The van der Waals surface area contributed by atoms with Crippen LogP contribution in [0, 0.1) is 0 Å². The number of hydrogen-bond acceptors (Lipinski definition) is 5. The number of carbonyl (C=O) groups is 1. The number of nitrogens with zero attached hydrogens (tertiary/aromatic N) is 5. The lowest BCUT2D eigenvalue weighted by molar-refractivity contribution is -0.130. The van der Waals surface area contributed by atoms with Crippen molar-refractivity contribution < 1.29 is 4.79 Å². The standard InChI is InChI=1S/C21H26N6O/c1-25(2)15-17-4-6-20(22-13-17)26-7-9-27(10-8-26)21(28)12-16-3-5-18-14-23-24-19(18)11-16/h3-6,11,13-14H,7-10,12,15H2,1-2H3,(H,23,24). The zero-order valence-electron chi connectivity index (χ0n) is 16.4. The van der Waals surface area contributed by atoms with Crippen LogP contribution < -0.4 is 4.90 Å². The molecule has 2 aromatic heterocycles. The van der Waals surface area contributed by atoms with Crippen molar-refractivity contribution in [2.75, 3.05) is 45.2 Å². The number of benzene rings is 1. The molecule has 0 radical (unpaired) electrons. The SMILES string of the molecule is CN(C)Cc1ccc(N2CCN(C(=O)Cc3ccc4cn[nH]c4c3)CC2)nc1. The average molecular weight is 378 g/mol. The van der Waals surface area contributed by atoms with Crippen molar-refractivity contribution in [1.29, 1.82) is 0 Å². The Kier molecular flexibility index (Phi) is 5.25. The molecule has 3 aromatic rings. The van der Waals surface area contributed by atoms with Gasteiger partial charge in [0.1, 0.15) is 5.82 Å². The second kappa shape index (κ2) is 7.98. The minimum Gasteiger partial charge on any atom is -0.353 e. The van der Waals surface area contributed by atoms with E-state index < -0.39 is 0 Å². The molecule has 0 unspecified atom stereocenters. The van der Waals surface area contributed by atoms with Crippen LogP contribution in [0.15, 0.2) is 42.7 Å². The van der Waals surface area contributed by atoms with Gasteiger partial charge < -0.3 is 14.7 Å². The number of rotatable bonds is 5. The smallest absolute Gasteiger partial charge is 0.227 e. The molecule has 1 amide bonds.